The minimum absolute atomic E-state index is 0.525. The molecule has 0 radical (unpaired) electrons. The Morgan fingerprint density at radius 2 is 2.09 bits per heavy atom. The summed E-state index contributed by atoms with van der Waals surface area (Å²) in [4.78, 5) is 6.81. The van der Waals surface area contributed by atoms with Crippen LogP contribution in [0.15, 0.2) is 28.8 Å². The molecule has 2 aliphatic rings. The van der Waals surface area contributed by atoms with Crippen LogP contribution in [0, 0.1) is 5.92 Å². The van der Waals surface area contributed by atoms with E-state index in [4.69, 9.17) is 9.26 Å². The normalized spacial score (nSPS) is 20.9. The highest BCUT2D eigenvalue weighted by atomic mass is 16.5. The highest BCUT2D eigenvalue weighted by molar-refractivity contribution is 5.34. The lowest BCUT2D eigenvalue weighted by atomic mass is 9.96. The summed E-state index contributed by atoms with van der Waals surface area (Å²) in [5, 5.41) is 4.11. The van der Waals surface area contributed by atoms with Crippen LogP contribution in [0.1, 0.15) is 42.5 Å². The van der Waals surface area contributed by atoms with Gasteiger partial charge in [0.1, 0.15) is 5.75 Å². The molecule has 2 aromatic rings. The highest BCUT2D eigenvalue weighted by Gasteiger charge is 2.29. The molecule has 0 spiro atoms. The molecule has 122 valence electrons. The number of benzene rings is 1. The molecule has 5 heteroatoms. The molecular weight excluding hydrogens is 290 g/mol. The van der Waals surface area contributed by atoms with Gasteiger partial charge < -0.3 is 9.26 Å². The molecule has 0 amide bonds. The van der Waals surface area contributed by atoms with Crippen LogP contribution >= 0.6 is 0 Å². The smallest absolute Gasteiger partial charge is 0.229 e. The first-order valence-electron chi connectivity index (χ1n) is 8.49. The van der Waals surface area contributed by atoms with Crippen LogP contribution in [0.3, 0.4) is 0 Å². The first-order valence-corrected chi connectivity index (χ1v) is 8.49. The molecule has 0 bridgehead atoms. The van der Waals surface area contributed by atoms with Crippen LogP contribution in [-0.4, -0.2) is 35.2 Å². The fourth-order valence-corrected chi connectivity index (χ4v) is 3.29. The van der Waals surface area contributed by atoms with Gasteiger partial charge in [-0.2, -0.15) is 4.98 Å². The number of nitrogens with zero attached hydrogens (tertiary/aromatic N) is 3. The lowest BCUT2D eigenvalue weighted by molar-refractivity contribution is 0.229. The van der Waals surface area contributed by atoms with Crippen molar-refractivity contribution in [2.45, 2.75) is 38.1 Å². The third-order valence-electron chi connectivity index (χ3n) is 4.66. The van der Waals surface area contributed by atoms with Gasteiger partial charge in [0.2, 0.25) is 5.89 Å². The predicted molar refractivity (Wildman–Crippen MR) is 86.4 cm³/mol. The second-order valence-corrected chi connectivity index (χ2v) is 6.83. The van der Waals surface area contributed by atoms with Crippen molar-refractivity contribution in [1.82, 2.24) is 15.0 Å². The van der Waals surface area contributed by atoms with Gasteiger partial charge in [-0.3, -0.25) is 4.90 Å². The standard InChI is InChI=1S/C18H23N3O2/c1-21(12-17-19-18(23-20-17)14-6-7-14)11-13-8-9-22-16-5-3-2-4-15(16)10-13/h2-5,13-14H,6-12H2,1H3/t13-/m1/s1. The Labute approximate surface area is 136 Å². The molecule has 1 atom stereocenters. The molecule has 23 heavy (non-hydrogen) atoms. The van der Waals surface area contributed by atoms with Crippen LogP contribution in [0.4, 0.5) is 0 Å². The van der Waals surface area contributed by atoms with Crippen LogP contribution < -0.4 is 4.74 Å². The number of fused-ring (bicyclic) bond motifs is 1. The van der Waals surface area contributed by atoms with Gasteiger partial charge in [0.15, 0.2) is 5.82 Å². The minimum Gasteiger partial charge on any atom is -0.493 e. The van der Waals surface area contributed by atoms with Crippen molar-refractivity contribution in [1.29, 1.82) is 0 Å². The quantitative estimate of drug-likeness (QED) is 0.849. The Morgan fingerprint density at radius 1 is 1.22 bits per heavy atom. The van der Waals surface area contributed by atoms with Crippen molar-refractivity contribution in [3.05, 3.63) is 41.5 Å². The molecule has 5 nitrogen and oxygen atoms in total. The SMILES string of the molecule is CN(Cc1noc(C2CC2)n1)C[C@@H]1CCOc2ccccc2C1. The maximum atomic E-state index is 5.86. The summed E-state index contributed by atoms with van der Waals surface area (Å²) in [6.45, 7) is 2.56. The van der Waals surface area contributed by atoms with Crippen molar-refractivity contribution < 1.29 is 9.26 Å². The van der Waals surface area contributed by atoms with Gasteiger partial charge in [0, 0.05) is 12.5 Å². The lowest BCUT2D eigenvalue weighted by Crippen LogP contribution is -2.27. The van der Waals surface area contributed by atoms with E-state index in [0.29, 0.717) is 11.8 Å². The fraction of sp³-hybridized carbons (Fsp3) is 0.556. The fourth-order valence-electron chi connectivity index (χ4n) is 3.29. The molecule has 4 rings (SSSR count). The van der Waals surface area contributed by atoms with Crippen LogP contribution in [-0.2, 0) is 13.0 Å². The van der Waals surface area contributed by atoms with E-state index in [1.807, 2.05) is 6.07 Å². The topological polar surface area (TPSA) is 51.4 Å². The number of ether oxygens (including phenoxy) is 1. The second kappa shape index (κ2) is 6.32. The summed E-state index contributed by atoms with van der Waals surface area (Å²) < 4.78 is 11.2. The van der Waals surface area contributed by atoms with Crippen molar-refractivity contribution in [2.24, 2.45) is 5.92 Å². The third kappa shape index (κ3) is 3.55. The van der Waals surface area contributed by atoms with E-state index >= 15 is 0 Å². The Kier molecular flexibility index (Phi) is 4.04. The first kappa shape index (κ1) is 14.7. The van der Waals surface area contributed by atoms with E-state index < -0.39 is 0 Å². The molecule has 1 saturated carbocycles. The lowest BCUT2D eigenvalue weighted by Gasteiger charge is -2.21. The average Bonchev–Trinajstić information content (AvgIpc) is 3.32. The van der Waals surface area contributed by atoms with E-state index in [-0.39, 0.29) is 0 Å². The molecule has 1 aromatic carbocycles. The minimum atomic E-state index is 0.525. The Hall–Kier alpha value is -1.88. The van der Waals surface area contributed by atoms with Crippen LogP contribution in [0.2, 0.25) is 0 Å². The summed E-state index contributed by atoms with van der Waals surface area (Å²) >= 11 is 0. The van der Waals surface area contributed by atoms with Crippen molar-refractivity contribution >= 4 is 0 Å². The highest BCUT2D eigenvalue weighted by Crippen LogP contribution is 2.38. The summed E-state index contributed by atoms with van der Waals surface area (Å²) in [6.07, 6.45) is 4.54. The maximum absolute atomic E-state index is 5.86. The number of hydrogen-bond donors (Lipinski definition) is 0. The maximum Gasteiger partial charge on any atom is 0.229 e. The van der Waals surface area contributed by atoms with Crippen LogP contribution in [0.5, 0.6) is 5.75 Å². The Balaban J connectivity index is 1.35. The number of aromatic nitrogens is 2. The largest absolute Gasteiger partial charge is 0.493 e. The molecule has 0 N–H and O–H groups in total. The summed E-state index contributed by atoms with van der Waals surface area (Å²) in [5.41, 5.74) is 1.32. The summed E-state index contributed by atoms with van der Waals surface area (Å²) in [7, 11) is 2.13. The number of para-hydroxylation sites is 1. The van der Waals surface area contributed by atoms with E-state index in [9.17, 15) is 0 Å². The molecule has 0 unspecified atom stereocenters. The summed E-state index contributed by atoms with van der Waals surface area (Å²) in [6, 6.07) is 8.38. The molecule has 2 heterocycles. The molecule has 1 aliphatic carbocycles. The van der Waals surface area contributed by atoms with Crippen molar-refractivity contribution in [2.75, 3.05) is 20.2 Å². The van der Waals surface area contributed by atoms with E-state index in [0.717, 1.165) is 50.0 Å². The van der Waals surface area contributed by atoms with Gasteiger partial charge in [-0.05, 0) is 50.3 Å². The van der Waals surface area contributed by atoms with Gasteiger partial charge in [0.25, 0.3) is 0 Å². The van der Waals surface area contributed by atoms with E-state index in [1.54, 1.807) is 0 Å². The van der Waals surface area contributed by atoms with E-state index in [2.05, 4.69) is 40.3 Å². The molecule has 1 aliphatic heterocycles. The van der Waals surface area contributed by atoms with Crippen LogP contribution in [0.25, 0.3) is 0 Å². The number of hydrogen-bond acceptors (Lipinski definition) is 5. The zero-order valence-electron chi connectivity index (χ0n) is 13.6. The first-order chi connectivity index (χ1) is 11.3. The van der Waals surface area contributed by atoms with Gasteiger partial charge in [-0.15, -0.1) is 0 Å². The van der Waals surface area contributed by atoms with Crippen molar-refractivity contribution in [3.8, 4) is 5.75 Å². The molecule has 1 aromatic heterocycles. The van der Waals surface area contributed by atoms with E-state index in [1.165, 1.54) is 18.4 Å². The number of rotatable bonds is 5. The second-order valence-electron chi connectivity index (χ2n) is 6.83. The van der Waals surface area contributed by atoms with Gasteiger partial charge in [-0.1, -0.05) is 23.4 Å². The van der Waals surface area contributed by atoms with Gasteiger partial charge in [0.05, 0.1) is 13.2 Å². The molecule has 0 saturated heterocycles. The molecule has 1 fully saturated rings. The van der Waals surface area contributed by atoms with Gasteiger partial charge in [-0.25, -0.2) is 0 Å². The zero-order chi connectivity index (χ0) is 15.6. The Morgan fingerprint density at radius 3 is 2.96 bits per heavy atom. The monoisotopic (exact) mass is 313 g/mol. The average molecular weight is 313 g/mol. The predicted octanol–water partition coefficient (Wildman–Crippen LogP) is 3.02. The van der Waals surface area contributed by atoms with Crippen molar-refractivity contribution in [3.63, 3.8) is 0 Å². The molecular formula is C18H23N3O2. The van der Waals surface area contributed by atoms with Gasteiger partial charge >= 0.3 is 0 Å². The zero-order valence-corrected chi connectivity index (χ0v) is 13.6. The summed E-state index contributed by atoms with van der Waals surface area (Å²) in [5.74, 6) is 3.80. The Bertz CT molecular complexity index is 666. The third-order valence-corrected chi connectivity index (χ3v) is 4.66.